The molecule has 112 valence electrons. The number of hydrogen-bond donors (Lipinski definition) is 0. The zero-order chi connectivity index (χ0) is 14.9. The van der Waals surface area contributed by atoms with Gasteiger partial charge in [0.05, 0.1) is 5.38 Å². The Morgan fingerprint density at radius 3 is 2.19 bits per heavy atom. The smallest absolute Gasteiger partial charge is 0.127 e. The minimum atomic E-state index is 0.104. The van der Waals surface area contributed by atoms with Crippen molar-refractivity contribution in [3.05, 3.63) is 60.2 Å². The fourth-order valence-corrected chi connectivity index (χ4v) is 2.59. The molecule has 0 aliphatic carbocycles. The Bertz CT molecular complexity index is 507. The number of benzene rings is 2. The van der Waals surface area contributed by atoms with Gasteiger partial charge in [-0.1, -0.05) is 62.9 Å². The molecule has 0 aromatic heterocycles. The minimum absolute atomic E-state index is 0.104. The molecule has 2 rings (SSSR count). The van der Waals surface area contributed by atoms with Crippen LogP contribution in [0.25, 0.3) is 0 Å². The van der Waals surface area contributed by atoms with Gasteiger partial charge in [0.15, 0.2) is 0 Å². The second-order valence-electron chi connectivity index (χ2n) is 5.30. The van der Waals surface area contributed by atoms with Gasteiger partial charge in [0.1, 0.15) is 11.5 Å². The number of hydrogen-bond acceptors (Lipinski definition) is 1. The Morgan fingerprint density at radius 1 is 0.857 bits per heavy atom. The summed E-state index contributed by atoms with van der Waals surface area (Å²) in [6.07, 6.45) is 6.07. The van der Waals surface area contributed by atoms with Crippen LogP contribution in [-0.4, -0.2) is 0 Å². The third-order valence-electron chi connectivity index (χ3n) is 3.53. The van der Waals surface area contributed by atoms with Gasteiger partial charge >= 0.3 is 0 Å². The summed E-state index contributed by atoms with van der Waals surface area (Å²) in [5.41, 5.74) is 1.17. The summed E-state index contributed by atoms with van der Waals surface area (Å²) in [5, 5.41) is 0.104. The van der Waals surface area contributed by atoms with Crippen LogP contribution in [0.15, 0.2) is 54.6 Å². The van der Waals surface area contributed by atoms with Crippen molar-refractivity contribution in [2.75, 3.05) is 0 Å². The molecule has 2 aromatic carbocycles. The van der Waals surface area contributed by atoms with Crippen molar-refractivity contribution >= 4 is 11.6 Å². The summed E-state index contributed by atoms with van der Waals surface area (Å²) in [6, 6.07) is 17.9. The highest BCUT2D eigenvalue weighted by Gasteiger charge is 2.07. The van der Waals surface area contributed by atoms with Crippen molar-refractivity contribution < 1.29 is 4.74 Å². The maximum absolute atomic E-state index is 6.46. The van der Waals surface area contributed by atoms with Crippen LogP contribution in [-0.2, 0) is 0 Å². The molecular weight excluding hydrogens is 280 g/mol. The second kappa shape index (κ2) is 8.74. The Kier molecular flexibility index (Phi) is 6.62. The normalized spacial score (nSPS) is 12.1. The number of alkyl halides is 1. The first-order valence-corrected chi connectivity index (χ1v) is 8.20. The fourth-order valence-electron chi connectivity index (χ4n) is 2.29. The van der Waals surface area contributed by atoms with Crippen LogP contribution < -0.4 is 4.74 Å². The summed E-state index contributed by atoms with van der Waals surface area (Å²) in [6.45, 7) is 2.23. The molecule has 0 aliphatic heterocycles. The lowest BCUT2D eigenvalue weighted by molar-refractivity contribution is 0.482. The van der Waals surface area contributed by atoms with Gasteiger partial charge in [0, 0.05) is 0 Å². The molecule has 1 nitrogen and oxygen atoms in total. The molecule has 0 spiro atoms. The van der Waals surface area contributed by atoms with E-state index < -0.39 is 0 Å². The zero-order valence-electron chi connectivity index (χ0n) is 12.6. The van der Waals surface area contributed by atoms with E-state index in [0.29, 0.717) is 0 Å². The van der Waals surface area contributed by atoms with Crippen molar-refractivity contribution in [2.24, 2.45) is 0 Å². The Morgan fingerprint density at radius 2 is 1.52 bits per heavy atom. The lowest BCUT2D eigenvalue weighted by Gasteiger charge is -2.11. The third-order valence-corrected chi connectivity index (χ3v) is 4.00. The van der Waals surface area contributed by atoms with Crippen LogP contribution >= 0.6 is 11.6 Å². The second-order valence-corrected chi connectivity index (χ2v) is 5.83. The van der Waals surface area contributed by atoms with Gasteiger partial charge in [0.25, 0.3) is 0 Å². The largest absolute Gasteiger partial charge is 0.457 e. The van der Waals surface area contributed by atoms with E-state index in [-0.39, 0.29) is 5.38 Å². The fraction of sp³-hybridized carbons (Fsp3) is 0.368. The van der Waals surface area contributed by atoms with E-state index in [1.807, 2.05) is 42.5 Å². The van der Waals surface area contributed by atoms with Gasteiger partial charge in [-0.15, -0.1) is 11.6 Å². The number of rotatable bonds is 8. The molecule has 1 atom stereocenters. The number of halogens is 1. The highest BCUT2D eigenvalue weighted by Crippen LogP contribution is 2.29. The number of para-hydroxylation sites is 1. The first-order chi connectivity index (χ1) is 10.3. The highest BCUT2D eigenvalue weighted by molar-refractivity contribution is 6.20. The maximum atomic E-state index is 6.46. The van der Waals surface area contributed by atoms with E-state index in [1.54, 1.807) is 0 Å². The molecule has 21 heavy (non-hydrogen) atoms. The van der Waals surface area contributed by atoms with Crippen LogP contribution in [0.2, 0.25) is 0 Å². The van der Waals surface area contributed by atoms with Crippen LogP contribution in [0.5, 0.6) is 11.5 Å². The molecule has 0 radical (unpaired) electrons. The molecule has 0 saturated carbocycles. The monoisotopic (exact) mass is 302 g/mol. The predicted molar refractivity (Wildman–Crippen MR) is 90.3 cm³/mol. The molecule has 0 bridgehead atoms. The van der Waals surface area contributed by atoms with Gasteiger partial charge in [-0.2, -0.15) is 0 Å². The SMILES string of the molecule is CCCCCCC(Cl)c1ccc(Oc2ccccc2)cc1. The van der Waals surface area contributed by atoms with E-state index in [0.717, 1.165) is 17.9 Å². The number of ether oxygens (including phenoxy) is 1. The third kappa shape index (κ3) is 5.43. The average molecular weight is 303 g/mol. The van der Waals surface area contributed by atoms with Crippen molar-refractivity contribution in [3.63, 3.8) is 0 Å². The standard InChI is InChI=1S/C19H23ClO/c1-2-3-4-8-11-19(20)16-12-14-18(15-13-16)21-17-9-6-5-7-10-17/h5-7,9-10,12-15,19H,2-4,8,11H2,1H3. The van der Waals surface area contributed by atoms with Crippen molar-refractivity contribution in [2.45, 2.75) is 44.4 Å². The molecule has 2 aromatic rings. The molecule has 0 fully saturated rings. The molecular formula is C19H23ClO. The highest BCUT2D eigenvalue weighted by atomic mass is 35.5. The van der Waals surface area contributed by atoms with E-state index in [9.17, 15) is 0 Å². The summed E-state index contributed by atoms with van der Waals surface area (Å²) < 4.78 is 5.78. The minimum Gasteiger partial charge on any atom is -0.457 e. The summed E-state index contributed by atoms with van der Waals surface area (Å²) in [5.74, 6) is 1.70. The Balaban J connectivity index is 1.86. The topological polar surface area (TPSA) is 9.23 Å². The molecule has 0 saturated heterocycles. The number of unbranched alkanes of at least 4 members (excludes halogenated alkanes) is 3. The summed E-state index contributed by atoms with van der Waals surface area (Å²) >= 11 is 6.46. The molecule has 0 aliphatic rings. The van der Waals surface area contributed by atoms with Gasteiger partial charge < -0.3 is 4.74 Å². The first-order valence-electron chi connectivity index (χ1n) is 7.76. The molecule has 0 N–H and O–H groups in total. The summed E-state index contributed by atoms with van der Waals surface area (Å²) in [7, 11) is 0. The average Bonchev–Trinajstić information content (AvgIpc) is 2.53. The van der Waals surface area contributed by atoms with E-state index in [4.69, 9.17) is 16.3 Å². The molecule has 0 amide bonds. The quantitative estimate of drug-likeness (QED) is 0.388. The van der Waals surface area contributed by atoms with Crippen molar-refractivity contribution in [1.29, 1.82) is 0 Å². The maximum Gasteiger partial charge on any atom is 0.127 e. The lowest BCUT2D eigenvalue weighted by Crippen LogP contribution is -1.91. The lowest BCUT2D eigenvalue weighted by atomic mass is 10.0. The van der Waals surface area contributed by atoms with Crippen LogP contribution in [0.3, 0.4) is 0 Å². The Labute approximate surface area is 132 Å². The van der Waals surface area contributed by atoms with E-state index in [1.165, 1.54) is 31.2 Å². The van der Waals surface area contributed by atoms with E-state index in [2.05, 4.69) is 19.1 Å². The summed E-state index contributed by atoms with van der Waals surface area (Å²) in [4.78, 5) is 0. The van der Waals surface area contributed by atoms with Gasteiger partial charge in [-0.25, -0.2) is 0 Å². The van der Waals surface area contributed by atoms with E-state index >= 15 is 0 Å². The van der Waals surface area contributed by atoms with Crippen LogP contribution in [0, 0.1) is 0 Å². The first kappa shape index (κ1) is 15.9. The molecule has 1 unspecified atom stereocenters. The predicted octanol–water partition coefficient (Wildman–Crippen LogP) is 6.73. The molecule has 2 heteroatoms. The molecule has 0 heterocycles. The van der Waals surface area contributed by atoms with Gasteiger partial charge in [-0.05, 0) is 36.2 Å². The van der Waals surface area contributed by atoms with Gasteiger partial charge in [0.2, 0.25) is 0 Å². The van der Waals surface area contributed by atoms with Crippen LogP contribution in [0.1, 0.15) is 50.0 Å². The Hall–Kier alpha value is -1.47. The zero-order valence-corrected chi connectivity index (χ0v) is 13.4. The van der Waals surface area contributed by atoms with Crippen molar-refractivity contribution in [3.8, 4) is 11.5 Å². The van der Waals surface area contributed by atoms with Crippen molar-refractivity contribution in [1.82, 2.24) is 0 Å². The van der Waals surface area contributed by atoms with Gasteiger partial charge in [-0.3, -0.25) is 0 Å². The van der Waals surface area contributed by atoms with Crippen LogP contribution in [0.4, 0.5) is 0 Å².